The topological polar surface area (TPSA) is 52.3 Å². The average Bonchev–Trinajstić information content (AvgIpc) is 3.08. The van der Waals surface area contributed by atoms with Crippen LogP contribution in [-0.4, -0.2) is 12.5 Å². The number of ether oxygens (including phenoxy) is 1. The monoisotopic (exact) mass is 261 g/mol. The third-order valence-electron chi connectivity index (χ3n) is 2.54. The summed E-state index contributed by atoms with van der Waals surface area (Å²) in [5.41, 5.74) is 4.82. The summed E-state index contributed by atoms with van der Waals surface area (Å²) in [6.45, 7) is 0.248. The maximum atomic E-state index is 13.6. The second-order valence-corrected chi connectivity index (χ2v) is 4.39. The molecule has 6 heteroatoms. The minimum Gasteiger partial charge on any atom is -0.489 e. The molecule has 1 aromatic rings. The number of hydrogen-bond donors (Lipinski definition) is 1. The molecule has 1 amide bonds. The van der Waals surface area contributed by atoms with Crippen molar-refractivity contribution in [2.24, 2.45) is 11.7 Å². The van der Waals surface area contributed by atoms with Crippen LogP contribution in [0.3, 0.4) is 0 Å². The Kier molecular flexibility index (Phi) is 3.19. The molecule has 0 unspecified atom stereocenters. The van der Waals surface area contributed by atoms with Gasteiger partial charge in [0, 0.05) is 0 Å². The predicted molar refractivity (Wildman–Crippen MR) is 58.1 cm³/mol. The van der Waals surface area contributed by atoms with Crippen molar-refractivity contribution in [2.75, 3.05) is 6.61 Å². The van der Waals surface area contributed by atoms with Crippen molar-refractivity contribution in [1.29, 1.82) is 0 Å². The summed E-state index contributed by atoms with van der Waals surface area (Å²) in [4.78, 5) is 11.1. The molecule has 0 saturated heterocycles. The first-order chi connectivity index (χ1) is 8.00. The second kappa shape index (κ2) is 4.49. The molecule has 2 rings (SSSR count). The van der Waals surface area contributed by atoms with Crippen LogP contribution in [-0.2, 0) is 0 Å². The molecule has 1 aliphatic carbocycles. The summed E-state index contributed by atoms with van der Waals surface area (Å²) < 4.78 is 31.9. The van der Waals surface area contributed by atoms with Gasteiger partial charge < -0.3 is 10.5 Å². The van der Waals surface area contributed by atoms with Gasteiger partial charge >= 0.3 is 0 Å². The van der Waals surface area contributed by atoms with Gasteiger partial charge in [-0.1, -0.05) is 11.6 Å². The SMILES string of the molecule is NC(=O)c1cc(Cl)c(F)c(F)c1OCC1CC1. The van der Waals surface area contributed by atoms with E-state index in [1.165, 1.54) is 0 Å². The largest absolute Gasteiger partial charge is 0.489 e. The Labute approximate surface area is 101 Å². The van der Waals surface area contributed by atoms with E-state index in [9.17, 15) is 13.6 Å². The van der Waals surface area contributed by atoms with Gasteiger partial charge in [0.15, 0.2) is 11.6 Å². The number of benzene rings is 1. The number of primary amides is 1. The highest BCUT2D eigenvalue weighted by atomic mass is 35.5. The van der Waals surface area contributed by atoms with Gasteiger partial charge in [-0.15, -0.1) is 0 Å². The van der Waals surface area contributed by atoms with Crippen LogP contribution in [0.15, 0.2) is 6.07 Å². The third kappa shape index (κ3) is 2.49. The van der Waals surface area contributed by atoms with Crippen molar-refractivity contribution in [1.82, 2.24) is 0 Å². The van der Waals surface area contributed by atoms with Crippen molar-refractivity contribution >= 4 is 17.5 Å². The van der Waals surface area contributed by atoms with Gasteiger partial charge in [0.1, 0.15) is 0 Å². The standard InChI is InChI=1S/C11H10ClF2NO2/c12-7-3-6(11(15)16)10(9(14)8(7)13)17-4-5-1-2-5/h3,5H,1-2,4H2,(H2,15,16). The van der Waals surface area contributed by atoms with E-state index in [4.69, 9.17) is 22.1 Å². The van der Waals surface area contributed by atoms with Gasteiger partial charge in [-0.2, -0.15) is 4.39 Å². The van der Waals surface area contributed by atoms with Crippen LogP contribution < -0.4 is 10.5 Å². The first kappa shape index (κ1) is 12.1. The molecule has 0 atom stereocenters. The number of nitrogens with two attached hydrogens (primary N) is 1. The zero-order chi connectivity index (χ0) is 12.6. The summed E-state index contributed by atoms with van der Waals surface area (Å²) in [5, 5.41) is -0.491. The van der Waals surface area contributed by atoms with E-state index in [2.05, 4.69) is 0 Å². The normalized spacial score (nSPS) is 14.8. The summed E-state index contributed by atoms with van der Waals surface area (Å²) in [7, 11) is 0. The molecular formula is C11H10ClF2NO2. The van der Waals surface area contributed by atoms with Gasteiger partial charge in [-0.25, -0.2) is 4.39 Å². The minimum absolute atomic E-state index is 0.241. The summed E-state index contributed by atoms with van der Waals surface area (Å²) >= 11 is 5.43. The first-order valence-corrected chi connectivity index (χ1v) is 5.48. The predicted octanol–water partition coefficient (Wildman–Crippen LogP) is 2.51. The molecule has 17 heavy (non-hydrogen) atoms. The van der Waals surface area contributed by atoms with E-state index >= 15 is 0 Å². The van der Waals surface area contributed by atoms with Crippen LogP contribution in [0.5, 0.6) is 5.75 Å². The molecule has 0 aliphatic heterocycles. The average molecular weight is 262 g/mol. The Morgan fingerprint density at radius 1 is 1.47 bits per heavy atom. The number of carbonyl (C=O) groups excluding carboxylic acids is 1. The minimum atomic E-state index is -1.27. The number of amides is 1. The number of carbonyl (C=O) groups is 1. The van der Waals surface area contributed by atoms with E-state index in [1.54, 1.807) is 0 Å². The number of halogens is 3. The van der Waals surface area contributed by atoms with Gasteiger partial charge in [-0.3, -0.25) is 4.79 Å². The first-order valence-electron chi connectivity index (χ1n) is 5.10. The molecule has 3 nitrogen and oxygen atoms in total. The molecule has 0 spiro atoms. The number of hydrogen-bond acceptors (Lipinski definition) is 2. The van der Waals surface area contributed by atoms with Crippen LogP contribution in [0, 0.1) is 17.6 Å². The maximum Gasteiger partial charge on any atom is 0.252 e. The van der Waals surface area contributed by atoms with Crippen LogP contribution in [0.1, 0.15) is 23.2 Å². The summed E-state index contributed by atoms with van der Waals surface area (Å²) in [6, 6.07) is 0.977. The molecule has 1 saturated carbocycles. The highest BCUT2D eigenvalue weighted by molar-refractivity contribution is 6.31. The Balaban J connectivity index is 2.37. The highest BCUT2D eigenvalue weighted by Crippen LogP contribution is 2.34. The van der Waals surface area contributed by atoms with Crippen LogP contribution >= 0.6 is 11.6 Å². The Bertz CT molecular complexity index is 475. The zero-order valence-corrected chi connectivity index (χ0v) is 9.56. The van der Waals surface area contributed by atoms with Crippen LogP contribution in [0.4, 0.5) is 8.78 Å². The summed E-state index contributed by atoms with van der Waals surface area (Å²) in [5.74, 6) is -3.52. The van der Waals surface area contributed by atoms with Gasteiger partial charge in [0.25, 0.3) is 5.91 Å². The molecule has 0 heterocycles. The Morgan fingerprint density at radius 2 is 2.12 bits per heavy atom. The van der Waals surface area contributed by atoms with Crippen molar-refractivity contribution in [3.05, 3.63) is 28.3 Å². The van der Waals surface area contributed by atoms with Crippen molar-refractivity contribution in [3.63, 3.8) is 0 Å². The zero-order valence-electron chi connectivity index (χ0n) is 8.80. The molecule has 0 aromatic heterocycles. The molecule has 0 bridgehead atoms. The van der Waals surface area contributed by atoms with Crippen LogP contribution in [0.2, 0.25) is 5.02 Å². The molecule has 2 N–H and O–H groups in total. The lowest BCUT2D eigenvalue weighted by Crippen LogP contribution is -2.15. The van der Waals surface area contributed by atoms with E-state index in [-0.39, 0.29) is 12.2 Å². The highest BCUT2D eigenvalue weighted by Gasteiger charge is 2.26. The fraction of sp³-hybridized carbons (Fsp3) is 0.364. The van der Waals surface area contributed by atoms with Gasteiger partial charge in [0.2, 0.25) is 5.82 Å². The van der Waals surface area contributed by atoms with Crippen molar-refractivity contribution in [2.45, 2.75) is 12.8 Å². The lowest BCUT2D eigenvalue weighted by atomic mass is 10.1. The Morgan fingerprint density at radius 3 is 2.65 bits per heavy atom. The second-order valence-electron chi connectivity index (χ2n) is 3.98. The smallest absolute Gasteiger partial charge is 0.252 e. The van der Waals surface area contributed by atoms with E-state index in [1.807, 2.05) is 0 Å². The maximum absolute atomic E-state index is 13.6. The van der Waals surface area contributed by atoms with Crippen molar-refractivity contribution in [3.8, 4) is 5.75 Å². The molecule has 1 aliphatic rings. The Hall–Kier alpha value is -1.36. The fourth-order valence-corrected chi connectivity index (χ4v) is 1.58. The summed E-state index contributed by atoms with van der Waals surface area (Å²) in [6.07, 6.45) is 1.98. The third-order valence-corrected chi connectivity index (χ3v) is 2.82. The number of rotatable bonds is 4. The quantitative estimate of drug-likeness (QED) is 0.847. The molecule has 0 radical (unpaired) electrons. The van der Waals surface area contributed by atoms with E-state index < -0.39 is 28.3 Å². The molecule has 1 aromatic carbocycles. The molecular weight excluding hydrogens is 252 g/mol. The van der Waals surface area contributed by atoms with Crippen molar-refractivity contribution < 1.29 is 18.3 Å². The molecule has 1 fully saturated rings. The van der Waals surface area contributed by atoms with E-state index in [0.29, 0.717) is 5.92 Å². The van der Waals surface area contributed by atoms with E-state index in [0.717, 1.165) is 18.9 Å². The lowest BCUT2D eigenvalue weighted by Gasteiger charge is -2.11. The lowest BCUT2D eigenvalue weighted by molar-refractivity contribution is 0.0994. The molecule has 92 valence electrons. The fourth-order valence-electron chi connectivity index (χ4n) is 1.39. The van der Waals surface area contributed by atoms with Gasteiger partial charge in [-0.05, 0) is 24.8 Å². The van der Waals surface area contributed by atoms with Crippen LogP contribution in [0.25, 0.3) is 0 Å². The van der Waals surface area contributed by atoms with Gasteiger partial charge in [0.05, 0.1) is 17.2 Å².